The summed E-state index contributed by atoms with van der Waals surface area (Å²) in [4.78, 5) is 11.7. The number of benzene rings is 1. The minimum atomic E-state index is -0.408. The van der Waals surface area contributed by atoms with Crippen molar-refractivity contribution < 1.29 is 9.18 Å². The van der Waals surface area contributed by atoms with E-state index in [0.717, 1.165) is 12.0 Å². The minimum absolute atomic E-state index is 0.000332. The Morgan fingerprint density at radius 1 is 1.56 bits per heavy atom. The highest BCUT2D eigenvalue weighted by Crippen LogP contribution is 2.17. The molecular formula is C12H15BrFNO. The van der Waals surface area contributed by atoms with Gasteiger partial charge in [-0.15, -0.1) is 0 Å². The lowest BCUT2D eigenvalue weighted by Crippen LogP contribution is -2.31. The molecule has 4 heteroatoms. The summed E-state index contributed by atoms with van der Waals surface area (Å²) >= 11 is 3.09. The molecule has 16 heavy (non-hydrogen) atoms. The second-order valence-corrected chi connectivity index (χ2v) is 4.64. The first-order chi connectivity index (χ1) is 7.54. The molecule has 1 aromatic rings. The monoisotopic (exact) mass is 287 g/mol. The van der Waals surface area contributed by atoms with E-state index in [-0.39, 0.29) is 18.0 Å². The quantitative estimate of drug-likeness (QED) is 0.905. The summed E-state index contributed by atoms with van der Waals surface area (Å²) in [6, 6.07) is 4.16. The second-order valence-electron chi connectivity index (χ2n) is 3.79. The third-order valence-electron chi connectivity index (χ3n) is 2.38. The summed E-state index contributed by atoms with van der Waals surface area (Å²) in [5, 5.41) is 0. The zero-order valence-electron chi connectivity index (χ0n) is 9.17. The summed E-state index contributed by atoms with van der Waals surface area (Å²) in [5.74, 6) is -0.325. The van der Waals surface area contributed by atoms with Crippen LogP contribution in [0.3, 0.4) is 0 Å². The molecule has 0 bridgehead atoms. The van der Waals surface area contributed by atoms with Gasteiger partial charge in [-0.05, 0) is 40.0 Å². The van der Waals surface area contributed by atoms with Gasteiger partial charge in [0.1, 0.15) is 5.82 Å². The third-order valence-corrected chi connectivity index (χ3v) is 2.98. The Hall–Kier alpha value is -0.740. The largest absolute Gasteiger partial charge is 0.321 e. The average Bonchev–Trinajstić information content (AvgIpc) is 2.24. The predicted octanol–water partition coefficient (Wildman–Crippen LogP) is 2.83. The maximum absolute atomic E-state index is 13.0. The van der Waals surface area contributed by atoms with E-state index in [1.807, 2.05) is 6.92 Å². The van der Waals surface area contributed by atoms with Crippen molar-refractivity contribution >= 4 is 21.7 Å². The van der Waals surface area contributed by atoms with Gasteiger partial charge >= 0.3 is 0 Å². The number of rotatable bonds is 5. The topological polar surface area (TPSA) is 43.1 Å². The van der Waals surface area contributed by atoms with E-state index >= 15 is 0 Å². The first-order valence-corrected chi connectivity index (χ1v) is 6.06. The van der Waals surface area contributed by atoms with Crippen molar-refractivity contribution in [1.82, 2.24) is 0 Å². The zero-order valence-corrected chi connectivity index (χ0v) is 10.8. The molecule has 0 aliphatic rings. The van der Waals surface area contributed by atoms with Gasteiger partial charge in [-0.3, -0.25) is 4.79 Å². The van der Waals surface area contributed by atoms with E-state index in [1.165, 1.54) is 6.07 Å². The first-order valence-electron chi connectivity index (χ1n) is 5.26. The summed E-state index contributed by atoms with van der Waals surface area (Å²) < 4.78 is 13.3. The van der Waals surface area contributed by atoms with E-state index in [4.69, 9.17) is 5.73 Å². The van der Waals surface area contributed by atoms with Crippen LogP contribution in [0.25, 0.3) is 0 Å². The van der Waals surface area contributed by atoms with Crippen molar-refractivity contribution in [3.8, 4) is 0 Å². The third kappa shape index (κ3) is 3.68. The van der Waals surface area contributed by atoms with Crippen LogP contribution in [-0.2, 0) is 11.2 Å². The summed E-state index contributed by atoms with van der Waals surface area (Å²) in [7, 11) is 0. The van der Waals surface area contributed by atoms with Crippen molar-refractivity contribution in [2.24, 2.45) is 5.73 Å². The smallest absolute Gasteiger partial charge is 0.153 e. The normalized spacial score (nSPS) is 12.5. The maximum Gasteiger partial charge on any atom is 0.153 e. The lowest BCUT2D eigenvalue weighted by Gasteiger charge is -2.09. The van der Waals surface area contributed by atoms with Gasteiger partial charge in [0.05, 0.1) is 10.5 Å². The van der Waals surface area contributed by atoms with Gasteiger partial charge in [-0.1, -0.05) is 19.4 Å². The number of Topliss-reactive ketones (excluding diaryl/α,β-unsaturated/α-hetero) is 1. The van der Waals surface area contributed by atoms with E-state index in [9.17, 15) is 9.18 Å². The molecule has 2 N–H and O–H groups in total. The van der Waals surface area contributed by atoms with Crippen LogP contribution >= 0.6 is 15.9 Å². The Kier molecular flexibility index (Phi) is 5.09. The number of carbonyl (C=O) groups excluding carboxylic acids is 1. The predicted molar refractivity (Wildman–Crippen MR) is 65.7 cm³/mol. The van der Waals surface area contributed by atoms with Gasteiger partial charge in [-0.25, -0.2) is 4.39 Å². The van der Waals surface area contributed by atoms with Gasteiger partial charge < -0.3 is 5.73 Å². The van der Waals surface area contributed by atoms with E-state index in [2.05, 4.69) is 15.9 Å². The average molecular weight is 288 g/mol. The summed E-state index contributed by atoms with van der Waals surface area (Å²) in [6.07, 6.45) is 1.85. The summed E-state index contributed by atoms with van der Waals surface area (Å²) in [6.45, 7) is 1.99. The number of carbonyl (C=O) groups is 1. The highest BCUT2D eigenvalue weighted by molar-refractivity contribution is 9.10. The van der Waals surface area contributed by atoms with Gasteiger partial charge in [-0.2, -0.15) is 0 Å². The Morgan fingerprint density at radius 2 is 2.25 bits per heavy atom. The Bertz CT molecular complexity index is 381. The van der Waals surface area contributed by atoms with Crippen LogP contribution in [0.4, 0.5) is 4.39 Å². The van der Waals surface area contributed by atoms with Crippen LogP contribution in [0.5, 0.6) is 0 Å². The van der Waals surface area contributed by atoms with E-state index in [1.54, 1.807) is 12.1 Å². The fraction of sp³-hybridized carbons (Fsp3) is 0.417. The molecule has 1 aromatic carbocycles. The Morgan fingerprint density at radius 3 is 2.81 bits per heavy atom. The van der Waals surface area contributed by atoms with Gasteiger partial charge in [0.25, 0.3) is 0 Å². The molecule has 0 spiro atoms. The molecule has 0 radical (unpaired) electrons. The second kappa shape index (κ2) is 6.11. The Labute approximate surface area is 103 Å². The fourth-order valence-electron chi connectivity index (χ4n) is 1.45. The number of nitrogens with two attached hydrogens (primary N) is 1. The molecule has 1 atom stereocenters. The van der Waals surface area contributed by atoms with Gasteiger partial charge in [0.2, 0.25) is 0 Å². The van der Waals surface area contributed by atoms with Crippen molar-refractivity contribution in [3.05, 3.63) is 34.1 Å². The van der Waals surface area contributed by atoms with Crippen LogP contribution in [0.15, 0.2) is 22.7 Å². The van der Waals surface area contributed by atoms with Crippen LogP contribution in [-0.4, -0.2) is 11.8 Å². The molecule has 0 fully saturated rings. The molecule has 0 aromatic heterocycles. The van der Waals surface area contributed by atoms with Crippen molar-refractivity contribution in [2.45, 2.75) is 32.2 Å². The number of halogens is 2. The van der Waals surface area contributed by atoms with Crippen molar-refractivity contribution in [2.75, 3.05) is 0 Å². The molecule has 0 aliphatic carbocycles. The van der Waals surface area contributed by atoms with Crippen molar-refractivity contribution in [3.63, 3.8) is 0 Å². The molecule has 1 unspecified atom stereocenters. The molecular weight excluding hydrogens is 273 g/mol. The maximum atomic E-state index is 13.0. The Balaban J connectivity index is 2.66. The molecule has 0 aliphatic heterocycles. The van der Waals surface area contributed by atoms with Crippen molar-refractivity contribution in [1.29, 1.82) is 0 Å². The number of ketones is 1. The highest BCUT2D eigenvalue weighted by atomic mass is 79.9. The highest BCUT2D eigenvalue weighted by Gasteiger charge is 2.13. The number of hydrogen-bond acceptors (Lipinski definition) is 2. The number of hydrogen-bond donors (Lipinski definition) is 1. The zero-order chi connectivity index (χ0) is 12.1. The molecule has 0 saturated carbocycles. The summed E-state index contributed by atoms with van der Waals surface area (Å²) in [5.41, 5.74) is 6.49. The fourth-order valence-corrected chi connectivity index (χ4v) is 1.88. The lowest BCUT2D eigenvalue weighted by molar-refractivity contribution is -0.119. The van der Waals surface area contributed by atoms with Crippen LogP contribution in [0, 0.1) is 5.82 Å². The molecule has 1 rings (SSSR count). The molecule has 2 nitrogen and oxygen atoms in total. The SMILES string of the molecule is CCCC(N)C(=O)Cc1ccc(F)c(Br)c1. The standard InChI is InChI=1S/C12H15BrFNO/c1-2-3-11(15)12(16)7-8-4-5-10(14)9(13)6-8/h4-6,11H,2-3,7,15H2,1H3. The van der Waals surface area contributed by atoms with Gasteiger partial charge in [0, 0.05) is 6.42 Å². The van der Waals surface area contributed by atoms with Crippen LogP contribution in [0.2, 0.25) is 0 Å². The molecule has 0 heterocycles. The molecule has 88 valence electrons. The first kappa shape index (κ1) is 13.3. The molecule has 0 amide bonds. The van der Waals surface area contributed by atoms with Crippen LogP contribution in [0.1, 0.15) is 25.3 Å². The van der Waals surface area contributed by atoms with Crippen LogP contribution < -0.4 is 5.73 Å². The van der Waals surface area contributed by atoms with Gasteiger partial charge in [0.15, 0.2) is 5.78 Å². The minimum Gasteiger partial charge on any atom is -0.321 e. The lowest BCUT2D eigenvalue weighted by atomic mass is 10.0. The van der Waals surface area contributed by atoms with E-state index in [0.29, 0.717) is 10.9 Å². The van der Waals surface area contributed by atoms with E-state index < -0.39 is 6.04 Å². The molecule has 0 saturated heterocycles.